The minimum Gasteiger partial charge on any atom is -0.451 e. The Morgan fingerprint density at radius 2 is 1.65 bits per heavy atom. The first-order valence-corrected chi connectivity index (χ1v) is 7.54. The molecule has 1 atom stereocenters. The Kier molecular flexibility index (Phi) is 4.44. The van der Waals surface area contributed by atoms with Crippen LogP contribution in [0.2, 0.25) is 0 Å². The number of carbonyl (C=O) groups excluding carboxylic acids is 2. The lowest BCUT2D eigenvalue weighted by molar-refractivity contribution is -0.138. The topological polar surface area (TPSA) is 55.4 Å². The third-order valence-corrected chi connectivity index (χ3v) is 3.86. The van der Waals surface area contributed by atoms with E-state index in [1.165, 1.54) is 0 Å². The Bertz CT molecular complexity index is 756. The number of esters is 1. The second kappa shape index (κ2) is 6.67. The van der Waals surface area contributed by atoms with Crippen LogP contribution in [0.5, 0.6) is 0 Å². The van der Waals surface area contributed by atoms with Gasteiger partial charge in [-0.1, -0.05) is 60.1 Å². The van der Waals surface area contributed by atoms with Crippen LogP contribution in [0.4, 0.5) is 5.69 Å². The largest absolute Gasteiger partial charge is 0.451 e. The number of anilines is 1. The number of para-hydroxylation sites is 1. The maximum Gasteiger partial charge on any atom is 0.352 e. The second-order valence-electron chi connectivity index (χ2n) is 5.11. The van der Waals surface area contributed by atoms with E-state index in [2.05, 4.69) is 5.32 Å². The predicted octanol–water partition coefficient (Wildman–Crippen LogP) is 3.75. The van der Waals surface area contributed by atoms with Crippen LogP contribution in [0.3, 0.4) is 0 Å². The summed E-state index contributed by atoms with van der Waals surface area (Å²) in [5.74, 6) is -0.724. The molecule has 0 amide bonds. The quantitative estimate of drug-likeness (QED) is 0.671. The normalized spacial score (nSPS) is 17.1. The molecule has 0 saturated heterocycles. The first-order chi connectivity index (χ1) is 11.1. The van der Waals surface area contributed by atoms with Gasteiger partial charge in [-0.3, -0.25) is 4.79 Å². The number of benzene rings is 2. The molecular formula is C18H14ClNO3. The number of carbonyl (C=O) groups is 2. The third-order valence-electron chi connectivity index (χ3n) is 3.51. The first-order valence-electron chi connectivity index (χ1n) is 7.16. The summed E-state index contributed by atoms with van der Waals surface area (Å²) >= 11 is 6.03. The number of nitrogens with one attached hydrogen (secondary N) is 1. The molecule has 1 heterocycles. The standard InChI is InChI=1S/C18H14ClNO3/c19-16-17(20-13-9-5-2-6-10-13)15(23-18(16)22)11-14(21)12-7-3-1-4-8-12/h1-10,15,20H,11H2. The molecule has 3 rings (SSSR count). The SMILES string of the molecule is O=C1OC(CC(=O)c2ccccc2)C(Nc2ccccc2)=C1Cl. The highest BCUT2D eigenvalue weighted by molar-refractivity contribution is 6.42. The highest BCUT2D eigenvalue weighted by Crippen LogP contribution is 2.29. The fourth-order valence-electron chi connectivity index (χ4n) is 2.36. The summed E-state index contributed by atoms with van der Waals surface area (Å²) in [6.45, 7) is 0. The summed E-state index contributed by atoms with van der Waals surface area (Å²) in [6.07, 6.45) is -0.663. The number of Topliss-reactive ketones (excluding diaryl/α,β-unsaturated/α-hetero) is 1. The molecule has 1 aliphatic heterocycles. The molecule has 1 unspecified atom stereocenters. The van der Waals surface area contributed by atoms with Gasteiger partial charge in [-0.2, -0.15) is 0 Å². The molecule has 2 aromatic carbocycles. The van der Waals surface area contributed by atoms with E-state index in [-0.39, 0.29) is 17.2 Å². The van der Waals surface area contributed by atoms with Crippen molar-refractivity contribution >= 4 is 29.0 Å². The fraction of sp³-hybridized carbons (Fsp3) is 0.111. The number of halogens is 1. The third kappa shape index (κ3) is 3.43. The average molecular weight is 328 g/mol. The van der Waals surface area contributed by atoms with Gasteiger partial charge < -0.3 is 10.1 Å². The molecule has 0 radical (unpaired) electrons. The molecule has 1 aliphatic rings. The maximum absolute atomic E-state index is 12.3. The van der Waals surface area contributed by atoms with Gasteiger partial charge in [0.1, 0.15) is 5.03 Å². The molecule has 5 heteroatoms. The highest BCUT2D eigenvalue weighted by Gasteiger charge is 2.35. The van der Waals surface area contributed by atoms with E-state index >= 15 is 0 Å². The van der Waals surface area contributed by atoms with E-state index in [4.69, 9.17) is 16.3 Å². The zero-order valence-electron chi connectivity index (χ0n) is 12.2. The fourth-order valence-corrected chi connectivity index (χ4v) is 2.57. The first kappa shape index (κ1) is 15.3. The maximum atomic E-state index is 12.3. The van der Waals surface area contributed by atoms with Gasteiger partial charge in [-0.05, 0) is 12.1 Å². The van der Waals surface area contributed by atoms with Gasteiger partial charge >= 0.3 is 5.97 Å². The molecule has 0 fully saturated rings. The lowest BCUT2D eigenvalue weighted by Gasteiger charge is -2.15. The Hall–Kier alpha value is -2.59. The molecule has 0 aromatic heterocycles. The molecule has 4 nitrogen and oxygen atoms in total. The summed E-state index contributed by atoms with van der Waals surface area (Å²) in [4.78, 5) is 24.1. The Morgan fingerprint density at radius 3 is 2.30 bits per heavy atom. The minimum absolute atomic E-state index is 0.0142. The molecule has 0 saturated carbocycles. The van der Waals surface area contributed by atoms with Crippen LogP contribution in [0.25, 0.3) is 0 Å². The van der Waals surface area contributed by atoms with Crippen molar-refractivity contribution in [3.63, 3.8) is 0 Å². The number of ether oxygens (including phenoxy) is 1. The van der Waals surface area contributed by atoms with E-state index < -0.39 is 12.1 Å². The summed E-state index contributed by atoms with van der Waals surface area (Å²) in [6, 6.07) is 18.2. The summed E-state index contributed by atoms with van der Waals surface area (Å²) in [7, 11) is 0. The molecular weight excluding hydrogens is 314 g/mol. The van der Waals surface area contributed by atoms with Gasteiger partial charge in [0.25, 0.3) is 0 Å². The van der Waals surface area contributed by atoms with E-state index in [0.29, 0.717) is 11.3 Å². The summed E-state index contributed by atoms with van der Waals surface area (Å²) < 4.78 is 5.22. The van der Waals surface area contributed by atoms with Crippen molar-refractivity contribution in [3.8, 4) is 0 Å². The van der Waals surface area contributed by atoms with Crippen LogP contribution in [0, 0.1) is 0 Å². The van der Waals surface area contributed by atoms with Gasteiger partial charge in [0.2, 0.25) is 0 Å². The monoisotopic (exact) mass is 327 g/mol. The van der Waals surface area contributed by atoms with E-state index in [9.17, 15) is 9.59 Å². The summed E-state index contributed by atoms with van der Waals surface area (Å²) in [5.41, 5.74) is 1.77. The van der Waals surface area contributed by atoms with Crippen molar-refractivity contribution in [2.24, 2.45) is 0 Å². The molecule has 2 aromatic rings. The van der Waals surface area contributed by atoms with E-state index in [1.54, 1.807) is 24.3 Å². The molecule has 1 N–H and O–H groups in total. The van der Waals surface area contributed by atoms with Crippen LogP contribution < -0.4 is 5.32 Å². The second-order valence-corrected chi connectivity index (χ2v) is 5.48. The predicted molar refractivity (Wildman–Crippen MR) is 88.2 cm³/mol. The zero-order chi connectivity index (χ0) is 16.2. The zero-order valence-corrected chi connectivity index (χ0v) is 12.9. The molecule has 23 heavy (non-hydrogen) atoms. The molecule has 116 valence electrons. The van der Waals surface area contributed by atoms with Crippen LogP contribution in [0.15, 0.2) is 71.4 Å². The van der Waals surface area contributed by atoms with Crippen molar-refractivity contribution in [2.75, 3.05) is 5.32 Å². The van der Waals surface area contributed by atoms with Crippen molar-refractivity contribution in [2.45, 2.75) is 12.5 Å². The number of hydrogen-bond donors (Lipinski definition) is 1. The molecule has 0 bridgehead atoms. The van der Waals surface area contributed by atoms with E-state index in [1.807, 2.05) is 36.4 Å². The lowest BCUT2D eigenvalue weighted by atomic mass is 10.0. The number of ketones is 1. The smallest absolute Gasteiger partial charge is 0.352 e. The number of hydrogen-bond acceptors (Lipinski definition) is 4. The van der Waals surface area contributed by atoms with Crippen LogP contribution in [-0.4, -0.2) is 17.9 Å². The van der Waals surface area contributed by atoms with Crippen LogP contribution in [0.1, 0.15) is 16.8 Å². The highest BCUT2D eigenvalue weighted by atomic mass is 35.5. The van der Waals surface area contributed by atoms with Gasteiger partial charge in [-0.15, -0.1) is 0 Å². The van der Waals surface area contributed by atoms with Crippen LogP contribution in [-0.2, 0) is 9.53 Å². The Balaban J connectivity index is 1.79. The average Bonchev–Trinajstić information content (AvgIpc) is 2.84. The van der Waals surface area contributed by atoms with Gasteiger partial charge in [-0.25, -0.2) is 4.79 Å². The van der Waals surface area contributed by atoms with Crippen molar-refractivity contribution in [1.29, 1.82) is 0 Å². The van der Waals surface area contributed by atoms with E-state index in [0.717, 1.165) is 5.69 Å². The van der Waals surface area contributed by atoms with Gasteiger partial charge in [0.05, 0.1) is 12.1 Å². The van der Waals surface area contributed by atoms with Crippen molar-refractivity contribution in [3.05, 3.63) is 77.0 Å². The van der Waals surface area contributed by atoms with Crippen LogP contribution >= 0.6 is 11.6 Å². The van der Waals surface area contributed by atoms with Gasteiger partial charge in [0, 0.05) is 11.3 Å². The number of cyclic esters (lactones) is 1. The minimum atomic E-state index is -0.706. The van der Waals surface area contributed by atoms with Crippen molar-refractivity contribution < 1.29 is 14.3 Å². The van der Waals surface area contributed by atoms with Crippen molar-refractivity contribution in [1.82, 2.24) is 0 Å². The summed E-state index contributed by atoms with van der Waals surface area (Å²) in [5, 5.41) is 3.06. The molecule has 0 aliphatic carbocycles. The number of rotatable bonds is 5. The Morgan fingerprint density at radius 1 is 1.04 bits per heavy atom. The Labute approximate surface area is 138 Å². The lowest BCUT2D eigenvalue weighted by Crippen LogP contribution is -2.21. The molecule has 0 spiro atoms. The van der Waals surface area contributed by atoms with Gasteiger partial charge in [0.15, 0.2) is 11.9 Å².